The molecule has 1 atom stereocenters. The lowest BCUT2D eigenvalue weighted by molar-refractivity contribution is 0.0638. The summed E-state index contributed by atoms with van der Waals surface area (Å²) in [4.78, 5) is 2.54. The summed E-state index contributed by atoms with van der Waals surface area (Å²) in [6.45, 7) is 3.51. The molecule has 1 heterocycles. The summed E-state index contributed by atoms with van der Waals surface area (Å²) in [5.41, 5.74) is 1.08. The zero-order chi connectivity index (χ0) is 16.8. The largest absolute Gasteiger partial charge is 0.380 e. The highest BCUT2D eigenvalue weighted by Gasteiger charge is 2.31. The second-order valence-electron chi connectivity index (χ2n) is 6.74. The topological polar surface area (TPSA) is 23.5 Å². The van der Waals surface area contributed by atoms with Crippen molar-refractivity contribution in [3.05, 3.63) is 69.3 Å². The van der Waals surface area contributed by atoms with Crippen LogP contribution in [0.25, 0.3) is 0 Å². The quantitative estimate of drug-likeness (QED) is 0.660. The van der Waals surface area contributed by atoms with E-state index >= 15 is 0 Å². The maximum absolute atomic E-state index is 11.6. The van der Waals surface area contributed by atoms with E-state index < -0.39 is 5.60 Å². The number of hydrogen-bond acceptors (Lipinski definition) is 2. The Morgan fingerprint density at radius 1 is 0.875 bits per heavy atom. The van der Waals surface area contributed by atoms with Gasteiger partial charge in [0.1, 0.15) is 5.60 Å². The van der Waals surface area contributed by atoms with Gasteiger partial charge in [-0.25, -0.2) is 0 Å². The molecule has 1 unspecified atom stereocenters. The van der Waals surface area contributed by atoms with Crippen molar-refractivity contribution in [2.24, 2.45) is 0 Å². The van der Waals surface area contributed by atoms with Crippen LogP contribution in [-0.4, -0.2) is 29.6 Å². The minimum absolute atomic E-state index is 0.758. The number of hydrogen-bond donors (Lipinski definition) is 1. The van der Waals surface area contributed by atoms with E-state index in [1.807, 2.05) is 30.3 Å². The second kappa shape index (κ2) is 8.45. The summed E-state index contributed by atoms with van der Waals surface area (Å²) >= 11 is 2.31. The summed E-state index contributed by atoms with van der Waals surface area (Å²) in [6, 6.07) is 18.4. The molecule has 0 amide bonds. The molecule has 2 nitrogen and oxygen atoms in total. The smallest absolute Gasteiger partial charge is 0.115 e. The Morgan fingerprint density at radius 2 is 1.50 bits per heavy atom. The maximum Gasteiger partial charge on any atom is 0.115 e. The molecular formula is C21H26INO. The Kier molecular flexibility index (Phi) is 6.31. The van der Waals surface area contributed by atoms with E-state index in [2.05, 4.69) is 51.8 Å². The highest BCUT2D eigenvalue weighted by molar-refractivity contribution is 14.1. The number of piperidine rings is 1. The molecule has 3 rings (SSSR count). The third-order valence-corrected chi connectivity index (χ3v) is 5.75. The van der Waals surface area contributed by atoms with Gasteiger partial charge in [-0.3, -0.25) is 0 Å². The van der Waals surface area contributed by atoms with Gasteiger partial charge in [0, 0.05) is 3.57 Å². The zero-order valence-corrected chi connectivity index (χ0v) is 16.3. The predicted octanol–water partition coefficient (Wildman–Crippen LogP) is 4.79. The highest BCUT2D eigenvalue weighted by atomic mass is 127. The number of halogens is 1. The monoisotopic (exact) mass is 435 g/mol. The molecule has 0 radical (unpaired) electrons. The fraction of sp³-hybridized carbons (Fsp3) is 0.429. The van der Waals surface area contributed by atoms with Gasteiger partial charge in [0.05, 0.1) is 0 Å². The van der Waals surface area contributed by atoms with Crippen LogP contribution >= 0.6 is 22.6 Å². The van der Waals surface area contributed by atoms with Gasteiger partial charge >= 0.3 is 0 Å². The van der Waals surface area contributed by atoms with Crippen molar-refractivity contribution in [1.82, 2.24) is 4.90 Å². The van der Waals surface area contributed by atoms with Gasteiger partial charge in [0.25, 0.3) is 0 Å². The van der Waals surface area contributed by atoms with Crippen molar-refractivity contribution in [1.29, 1.82) is 0 Å². The Bertz CT molecular complexity index is 622. The number of benzene rings is 2. The summed E-state index contributed by atoms with van der Waals surface area (Å²) in [5, 5.41) is 11.6. The van der Waals surface area contributed by atoms with Crippen molar-refractivity contribution in [3.63, 3.8) is 0 Å². The van der Waals surface area contributed by atoms with Crippen LogP contribution in [0.4, 0.5) is 0 Å². The SMILES string of the molecule is OC(CCCN1CCCCC1)(c1ccccc1)c1ccc(I)cc1. The molecule has 2 aromatic carbocycles. The molecular weight excluding hydrogens is 409 g/mol. The summed E-state index contributed by atoms with van der Waals surface area (Å²) in [5.74, 6) is 0. The predicted molar refractivity (Wildman–Crippen MR) is 108 cm³/mol. The normalized spacial score (nSPS) is 18.2. The third kappa shape index (κ3) is 4.38. The van der Waals surface area contributed by atoms with Gasteiger partial charge in [-0.1, -0.05) is 48.9 Å². The highest BCUT2D eigenvalue weighted by Crippen LogP contribution is 2.34. The van der Waals surface area contributed by atoms with Gasteiger partial charge in [0.2, 0.25) is 0 Å². The molecule has 0 aromatic heterocycles. The lowest BCUT2D eigenvalue weighted by Gasteiger charge is -2.32. The third-order valence-electron chi connectivity index (χ3n) is 5.03. The molecule has 0 aliphatic carbocycles. The van der Waals surface area contributed by atoms with Gasteiger partial charge in [0.15, 0.2) is 0 Å². The first-order valence-corrected chi connectivity index (χ1v) is 10.0. The van der Waals surface area contributed by atoms with Crippen LogP contribution in [0.3, 0.4) is 0 Å². The molecule has 1 fully saturated rings. The molecule has 1 aliphatic heterocycles. The molecule has 2 aromatic rings. The van der Waals surface area contributed by atoms with E-state index in [1.54, 1.807) is 0 Å². The van der Waals surface area contributed by atoms with E-state index in [0.717, 1.165) is 30.5 Å². The average Bonchev–Trinajstić information content (AvgIpc) is 2.64. The van der Waals surface area contributed by atoms with Crippen LogP contribution in [0.1, 0.15) is 43.2 Å². The van der Waals surface area contributed by atoms with Crippen LogP contribution in [-0.2, 0) is 5.60 Å². The van der Waals surface area contributed by atoms with Crippen molar-refractivity contribution < 1.29 is 5.11 Å². The fourth-order valence-corrected chi connectivity index (χ4v) is 4.00. The Labute approximate surface area is 159 Å². The van der Waals surface area contributed by atoms with Crippen LogP contribution in [0.2, 0.25) is 0 Å². The van der Waals surface area contributed by atoms with Gasteiger partial charge < -0.3 is 10.0 Å². The lowest BCUT2D eigenvalue weighted by Crippen LogP contribution is -2.33. The van der Waals surface area contributed by atoms with E-state index in [-0.39, 0.29) is 0 Å². The number of likely N-dealkylation sites (tertiary alicyclic amines) is 1. The molecule has 128 valence electrons. The van der Waals surface area contributed by atoms with Crippen LogP contribution in [0.15, 0.2) is 54.6 Å². The van der Waals surface area contributed by atoms with Crippen molar-refractivity contribution in [3.8, 4) is 0 Å². The summed E-state index contributed by atoms with van der Waals surface area (Å²) < 4.78 is 1.19. The molecule has 1 N–H and O–H groups in total. The van der Waals surface area contributed by atoms with E-state index in [0.29, 0.717) is 0 Å². The standard InChI is InChI=1S/C21H26INO/c22-20-12-10-19(11-13-20)21(24,18-8-3-1-4-9-18)14-7-17-23-15-5-2-6-16-23/h1,3-4,8-13,24H,2,5-7,14-17H2. The molecule has 0 saturated carbocycles. The molecule has 1 aliphatic rings. The van der Waals surface area contributed by atoms with Crippen molar-refractivity contribution in [2.75, 3.05) is 19.6 Å². The van der Waals surface area contributed by atoms with Crippen LogP contribution < -0.4 is 0 Å². The number of aliphatic hydroxyl groups is 1. The lowest BCUT2D eigenvalue weighted by atomic mass is 9.82. The molecule has 0 bridgehead atoms. The number of rotatable bonds is 6. The second-order valence-corrected chi connectivity index (χ2v) is 7.98. The minimum atomic E-state index is -0.901. The Morgan fingerprint density at radius 3 is 2.17 bits per heavy atom. The van der Waals surface area contributed by atoms with Crippen LogP contribution in [0.5, 0.6) is 0 Å². The van der Waals surface area contributed by atoms with E-state index in [9.17, 15) is 5.11 Å². The van der Waals surface area contributed by atoms with E-state index in [4.69, 9.17) is 0 Å². The van der Waals surface area contributed by atoms with Crippen LogP contribution in [0, 0.1) is 3.57 Å². The van der Waals surface area contributed by atoms with Crippen molar-refractivity contribution >= 4 is 22.6 Å². The Balaban J connectivity index is 1.76. The Hall–Kier alpha value is -0.910. The van der Waals surface area contributed by atoms with Gasteiger partial charge in [-0.2, -0.15) is 0 Å². The van der Waals surface area contributed by atoms with Gasteiger partial charge in [-0.15, -0.1) is 0 Å². The fourth-order valence-electron chi connectivity index (χ4n) is 3.64. The minimum Gasteiger partial charge on any atom is -0.380 e. The first kappa shape index (κ1) is 17.9. The average molecular weight is 435 g/mol. The molecule has 1 saturated heterocycles. The summed E-state index contributed by atoms with van der Waals surface area (Å²) in [7, 11) is 0. The van der Waals surface area contributed by atoms with Gasteiger partial charge in [-0.05, 0) is 91.2 Å². The van der Waals surface area contributed by atoms with E-state index in [1.165, 1.54) is 35.9 Å². The molecule has 24 heavy (non-hydrogen) atoms. The zero-order valence-electron chi connectivity index (χ0n) is 14.1. The molecule has 3 heteroatoms. The maximum atomic E-state index is 11.6. The summed E-state index contributed by atoms with van der Waals surface area (Å²) in [6.07, 6.45) is 5.78. The first-order chi connectivity index (χ1) is 11.7. The molecule has 0 spiro atoms. The number of nitrogens with zero attached hydrogens (tertiary/aromatic N) is 1. The van der Waals surface area contributed by atoms with Crippen molar-refractivity contribution in [2.45, 2.75) is 37.7 Å². The first-order valence-electron chi connectivity index (χ1n) is 8.95.